The van der Waals surface area contributed by atoms with Gasteiger partial charge in [0.2, 0.25) is 0 Å². The second kappa shape index (κ2) is 18.7. The van der Waals surface area contributed by atoms with Gasteiger partial charge in [0.05, 0.1) is 33.2 Å². The third-order valence-electron chi connectivity index (χ3n) is 20.3. The molecule has 4 heterocycles. The van der Waals surface area contributed by atoms with Crippen LogP contribution in [0.2, 0.25) is 0 Å². The standard InChI is InChI=1S/C85H53BN4/c1-4-22-54(23-5-1)56-40-46-79-74(48-56)86-75-49-57(55-24-6-2-7-25-55)41-47-80(75)89(60-43-45-69-68-33-15-19-37-76(68)87(81(69)51-60)58-26-8-3-9-27-58)83-53-61(90-77-38-20-13-31-66(77)67-32-14-21-39-78(67)90)52-82(84(83)86)88(79)59-42-44-65-64-30-12-18-36-72(64)85(73(65)50-59)70-34-16-10-28-62(70)63-29-11-17-35-71(63)85/h1-53H. The topological polar surface area (TPSA) is 16.3 Å². The lowest BCUT2D eigenvalue weighted by molar-refractivity contribution is 0.793. The van der Waals surface area contributed by atoms with Gasteiger partial charge in [-0.15, -0.1) is 0 Å². The van der Waals surface area contributed by atoms with Crippen LogP contribution < -0.4 is 26.2 Å². The van der Waals surface area contributed by atoms with E-state index in [-0.39, 0.29) is 6.71 Å². The van der Waals surface area contributed by atoms with E-state index >= 15 is 0 Å². The monoisotopic (exact) mass is 1140 g/mol. The number of anilines is 6. The third kappa shape index (κ3) is 6.70. The number of fused-ring (bicyclic) bond motifs is 20. The summed E-state index contributed by atoms with van der Waals surface area (Å²) in [6.07, 6.45) is 0. The Morgan fingerprint density at radius 3 is 1.14 bits per heavy atom. The van der Waals surface area contributed by atoms with Crippen LogP contribution in [-0.2, 0) is 5.41 Å². The summed E-state index contributed by atoms with van der Waals surface area (Å²) in [6.45, 7) is -0.176. The summed E-state index contributed by atoms with van der Waals surface area (Å²) < 4.78 is 4.97. The Morgan fingerprint density at radius 1 is 0.233 bits per heavy atom. The molecule has 4 aliphatic rings. The minimum absolute atomic E-state index is 0.176. The summed E-state index contributed by atoms with van der Waals surface area (Å²) in [6, 6.07) is 121. The summed E-state index contributed by atoms with van der Waals surface area (Å²) in [5, 5.41) is 4.89. The highest BCUT2D eigenvalue weighted by Crippen LogP contribution is 2.63. The molecule has 0 amide bonds. The van der Waals surface area contributed by atoms with Crippen molar-refractivity contribution in [3.05, 3.63) is 344 Å². The summed E-state index contributed by atoms with van der Waals surface area (Å²) in [5.41, 5.74) is 32.1. The predicted octanol–water partition coefficient (Wildman–Crippen LogP) is 19.6. The van der Waals surface area contributed by atoms with E-state index in [2.05, 4.69) is 340 Å². The fourth-order valence-electron chi connectivity index (χ4n) is 16.7. The van der Waals surface area contributed by atoms with Gasteiger partial charge >= 0.3 is 0 Å². The van der Waals surface area contributed by atoms with Crippen molar-refractivity contribution in [2.24, 2.45) is 0 Å². The average molecular weight is 1140 g/mol. The van der Waals surface area contributed by atoms with Crippen molar-refractivity contribution in [2.75, 3.05) is 9.80 Å². The molecule has 90 heavy (non-hydrogen) atoms. The van der Waals surface area contributed by atoms with Gasteiger partial charge in [-0.05, 0) is 162 Å². The summed E-state index contributed by atoms with van der Waals surface area (Å²) in [7, 11) is 0. The normalized spacial score (nSPS) is 13.6. The molecule has 2 aromatic heterocycles. The highest BCUT2D eigenvalue weighted by Gasteiger charge is 2.52. The van der Waals surface area contributed by atoms with Crippen molar-refractivity contribution in [3.8, 4) is 55.9 Å². The quantitative estimate of drug-likeness (QED) is 0.154. The second-order valence-corrected chi connectivity index (χ2v) is 24.7. The van der Waals surface area contributed by atoms with Gasteiger partial charge < -0.3 is 18.9 Å². The van der Waals surface area contributed by atoms with Crippen molar-refractivity contribution >= 4 is 101 Å². The molecule has 4 nitrogen and oxygen atoms in total. The Labute approximate surface area is 521 Å². The zero-order valence-corrected chi connectivity index (χ0v) is 49.0. The van der Waals surface area contributed by atoms with E-state index in [1.807, 2.05) is 0 Å². The maximum atomic E-state index is 2.64. The highest BCUT2D eigenvalue weighted by atomic mass is 15.2. The fourth-order valence-corrected chi connectivity index (χ4v) is 16.7. The second-order valence-electron chi connectivity index (χ2n) is 24.7. The molecule has 0 unspecified atom stereocenters. The van der Waals surface area contributed by atoms with Crippen molar-refractivity contribution in [1.29, 1.82) is 0 Å². The van der Waals surface area contributed by atoms with Crippen LogP contribution in [0.25, 0.3) is 99.5 Å². The number of rotatable bonds is 6. The molecule has 0 N–H and O–H groups in total. The van der Waals surface area contributed by atoms with E-state index in [9.17, 15) is 0 Å². The number of nitrogens with zero attached hydrogens (tertiary/aromatic N) is 4. The molecule has 2 aliphatic carbocycles. The molecule has 0 radical (unpaired) electrons. The lowest BCUT2D eigenvalue weighted by Crippen LogP contribution is -2.61. The Morgan fingerprint density at radius 2 is 0.633 bits per heavy atom. The van der Waals surface area contributed by atoms with Crippen molar-refractivity contribution in [2.45, 2.75) is 5.41 Å². The number of benzene rings is 14. The molecule has 5 heteroatoms. The van der Waals surface area contributed by atoms with E-state index in [0.717, 1.165) is 62.0 Å². The maximum Gasteiger partial charge on any atom is 0.252 e. The van der Waals surface area contributed by atoms with Crippen LogP contribution in [0.5, 0.6) is 0 Å². The molecular weight excluding hydrogens is 1090 g/mol. The zero-order valence-electron chi connectivity index (χ0n) is 49.0. The molecule has 0 saturated heterocycles. The van der Waals surface area contributed by atoms with Crippen LogP contribution in [0.15, 0.2) is 322 Å². The van der Waals surface area contributed by atoms with Gasteiger partial charge in [0.25, 0.3) is 6.71 Å². The molecule has 2 aliphatic heterocycles. The largest absolute Gasteiger partial charge is 0.311 e. The van der Waals surface area contributed by atoms with Gasteiger partial charge in [-0.3, -0.25) is 0 Å². The van der Waals surface area contributed by atoms with Crippen molar-refractivity contribution in [3.63, 3.8) is 0 Å². The van der Waals surface area contributed by atoms with Crippen LogP contribution in [0.3, 0.4) is 0 Å². The molecular formula is C85H53BN4. The molecule has 16 aromatic rings. The Bertz CT molecular complexity index is 5590. The first-order valence-corrected chi connectivity index (χ1v) is 31.4. The molecule has 0 saturated carbocycles. The number of hydrogen-bond acceptors (Lipinski definition) is 2. The number of hydrogen-bond donors (Lipinski definition) is 0. The molecule has 0 fully saturated rings. The average Bonchev–Trinajstić information content (AvgIpc) is 1.41. The van der Waals surface area contributed by atoms with Crippen LogP contribution in [0.1, 0.15) is 22.3 Å². The van der Waals surface area contributed by atoms with Gasteiger partial charge in [0.1, 0.15) is 0 Å². The Hall–Kier alpha value is -11.7. The highest BCUT2D eigenvalue weighted by molar-refractivity contribution is 7.00. The smallest absolute Gasteiger partial charge is 0.252 e. The molecule has 0 atom stereocenters. The third-order valence-corrected chi connectivity index (χ3v) is 20.3. The minimum atomic E-state index is -0.540. The fraction of sp³-hybridized carbons (Fsp3) is 0.0118. The lowest BCUT2D eigenvalue weighted by Gasteiger charge is -2.45. The SMILES string of the molecule is c1ccc(-c2ccc3c(c2)B2c4cc(-c5ccccc5)ccc4N(c4ccc5c6ccccc6n(-c6ccccc6)c5c4)c4cc(-n5c6ccccc6c6ccccc65)cc(c42)N3c2ccc3c(c2)C2(c4ccccc4-c4ccccc42)c2ccccc2-3)cc1. The van der Waals surface area contributed by atoms with Crippen LogP contribution >= 0.6 is 0 Å². The van der Waals surface area contributed by atoms with Crippen molar-refractivity contribution < 1.29 is 0 Å². The van der Waals surface area contributed by atoms with Crippen LogP contribution in [-0.4, -0.2) is 15.8 Å². The zero-order chi connectivity index (χ0) is 58.8. The van der Waals surface area contributed by atoms with E-state index < -0.39 is 5.41 Å². The maximum absolute atomic E-state index is 2.64. The van der Waals surface area contributed by atoms with Crippen LogP contribution in [0.4, 0.5) is 34.1 Å². The lowest BCUT2D eigenvalue weighted by atomic mass is 9.33. The first-order valence-electron chi connectivity index (χ1n) is 31.4. The first kappa shape index (κ1) is 49.5. The summed E-state index contributed by atoms with van der Waals surface area (Å²) in [4.78, 5) is 5.25. The van der Waals surface area contributed by atoms with E-state index in [0.29, 0.717) is 0 Å². The van der Waals surface area contributed by atoms with Crippen LogP contribution in [0, 0.1) is 0 Å². The molecule has 0 bridgehead atoms. The number of para-hydroxylation sites is 4. The first-order chi connectivity index (χ1) is 44.7. The molecule has 416 valence electrons. The predicted molar refractivity (Wildman–Crippen MR) is 376 cm³/mol. The van der Waals surface area contributed by atoms with Gasteiger partial charge in [0.15, 0.2) is 0 Å². The van der Waals surface area contributed by atoms with Gasteiger partial charge in [-0.25, -0.2) is 0 Å². The van der Waals surface area contributed by atoms with Crippen molar-refractivity contribution in [1.82, 2.24) is 9.13 Å². The molecule has 1 spiro atoms. The van der Waals surface area contributed by atoms with E-state index in [4.69, 9.17) is 0 Å². The van der Waals surface area contributed by atoms with Gasteiger partial charge in [-0.2, -0.15) is 0 Å². The van der Waals surface area contributed by atoms with Gasteiger partial charge in [0, 0.05) is 61.4 Å². The molecule has 14 aromatic carbocycles. The Balaban J connectivity index is 0.927. The van der Waals surface area contributed by atoms with E-state index in [1.165, 1.54) is 110 Å². The molecule has 20 rings (SSSR count). The van der Waals surface area contributed by atoms with Gasteiger partial charge in [-0.1, -0.05) is 243 Å². The minimum Gasteiger partial charge on any atom is -0.311 e. The Kier molecular flexibility index (Phi) is 10.3. The van der Waals surface area contributed by atoms with E-state index in [1.54, 1.807) is 0 Å². The summed E-state index contributed by atoms with van der Waals surface area (Å²) >= 11 is 0. The summed E-state index contributed by atoms with van der Waals surface area (Å²) in [5.74, 6) is 0. The number of aromatic nitrogens is 2.